The maximum atomic E-state index is 13.1. The summed E-state index contributed by atoms with van der Waals surface area (Å²) >= 11 is 0. The highest BCUT2D eigenvalue weighted by atomic mass is 16.8. The molecular formula is C26H30O13. The molecule has 0 amide bonds. The minimum Gasteiger partial charge on any atom is -0.508 e. The molecule has 2 saturated heterocycles. The van der Waals surface area contributed by atoms with Crippen molar-refractivity contribution in [2.24, 2.45) is 17.8 Å². The van der Waals surface area contributed by atoms with Crippen LogP contribution in [0.2, 0.25) is 0 Å². The van der Waals surface area contributed by atoms with Gasteiger partial charge in [-0.2, -0.15) is 0 Å². The Hall–Kier alpha value is -3.04. The number of aliphatic hydroxyl groups excluding tert-OH is 5. The molecule has 3 heterocycles. The lowest BCUT2D eigenvalue weighted by atomic mass is 9.74. The summed E-state index contributed by atoms with van der Waals surface area (Å²) < 4.78 is 27.7. The van der Waals surface area contributed by atoms with Crippen LogP contribution in [0.5, 0.6) is 5.75 Å². The number of phenols is 1. The average Bonchev–Trinajstić information content (AvgIpc) is 3.43. The summed E-state index contributed by atoms with van der Waals surface area (Å²) in [5.74, 6) is -4.28. The molecule has 1 spiro atoms. The zero-order valence-electron chi connectivity index (χ0n) is 20.8. The molecule has 13 heteroatoms. The fourth-order valence-electron chi connectivity index (χ4n) is 5.71. The number of hydrogen-bond acceptors (Lipinski definition) is 13. The van der Waals surface area contributed by atoms with E-state index in [4.69, 9.17) is 23.7 Å². The van der Waals surface area contributed by atoms with Gasteiger partial charge in [0.15, 0.2) is 11.9 Å². The molecule has 11 atom stereocenters. The third-order valence-electron chi connectivity index (χ3n) is 7.81. The van der Waals surface area contributed by atoms with Gasteiger partial charge in [-0.3, -0.25) is 4.79 Å². The second kappa shape index (κ2) is 10.5. The SMILES string of the molecule is COC(=O)C1=COC(OC2OC(CO)C(O)C(O)C2O)C2C1C=CC21OC(=O)C(Cc2ccc(O)cc2)C1O. The van der Waals surface area contributed by atoms with Crippen LogP contribution in [0.15, 0.2) is 48.3 Å². The van der Waals surface area contributed by atoms with Crippen molar-refractivity contribution in [1.82, 2.24) is 0 Å². The number of allylic oxidation sites excluding steroid dienone is 1. The number of benzene rings is 1. The largest absolute Gasteiger partial charge is 0.508 e. The number of ether oxygens (including phenoxy) is 5. The first-order valence-electron chi connectivity index (χ1n) is 12.4. The van der Waals surface area contributed by atoms with Crippen LogP contribution >= 0.6 is 0 Å². The normalized spacial score (nSPS) is 41.1. The Morgan fingerprint density at radius 3 is 2.44 bits per heavy atom. The zero-order chi connectivity index (χ0) is 28.1. The van der Waals surface area contributed by atoms with Gasteiger partial charge in [-0.15, -0.1) is 0 Å². The van der Waals surface area contributed by atoms with Crippen molar-refractivity contribution in [3.63, 3.8) is 0 Å². The predicted octanol–water partition coefficient (Wildman–Crippen LogP) is -1.76. The van der Waals surface area contributed by atoms with Crippen molar-refractivity contribution >= 4 is 11.9 Å². The molecule has 3 aliphatic heterocycles. The Balaban J connectivity index is 1.46. The number of aliphatic hydroxyl groups is 5. The first-order valence-corrected chi connectivity index (χ1v) is 12.4. The number of methoxy groups -OCH3 is 1. The predicted molar refractivity (Wildman–Crippen MR) is 126 cm³/mol. The van der Waals surface area contributed by atoms with E-state index < -0.39 is 85.0 Å². The maximum Gasteiger partial charge on any atom is 0.337 e. The highest BCUT2D eigenvalue weighted by Crippen LogP contribution is 2.53. The van der Waals surface area contributed by atoms with Gasteiger partial charge in [0.1, 0.15) is 36.3 Å². The standard InChI is InChI=1S/C26H30O13/c1-35-22(33)15-10-36-24(38-25-20(31)19(30)18(29)16(9-27)37-25)17-13(15)6-7-26(17)21(32)14(23(34)39-26)8-11-2-4-12(28)5-3-11/h2-7,10,13-14,16-21,24-25,27-32H,8-9H2,1H3. The van der Waals surface area contributed by atoms with Crippen molar-refractivity contribution in [2.45, 2.75) is 55.1 Å². The Morgan fingerprint density at radius 2 is 1.77 bits per heavy atom. The lowest BCUT2D eigenvalue weighted by molar-refractivity contribution is -0.347. The fourth-order valence-corrected chi connectivity index (χ4v) is 5.71. The molecule has 0 bridgehead atoms. The van der Waals surface area contributed by atoms with E-state index in [1.54, 1.807) is 18.2 Å². The van der Waals surface area contributed by atoms with Crippen LogP contribution in [0.4, 0.5) is 0 Å². The lowest BCUT2D eigenvalue weighted by Crippen LogP contribution is -2.61. The van der Waals surface area contributed by atoms with Gasteiger partial charge in [-0.1, -0.05) is 18.2 Å². The highest BCUT2D eigenvalue weighted by molar-refractivity contribution is 5.89. The van der Waals surface area contributed by atoms with E-state index >= 15 is 0 Å². The van der Waals surface area contributed by atoms with Gasteiger partial charge in [0.25, 0.3) is 0 Å². The fraction of sp³-hybridized carbons (Fsp3) is 0.538. The average molecular weight is 551 g/mol. The summed E-state index contributed by atoms with van der Waals surface area (Å²) in [5.41, 5.74) is -0.988. The van der Waals surface area contributed by atoms with Crippen LogP contribution in [0.25, 0.3) is 0 Å². The van der Waals surface area contributed by atoms with Gasteiger partial charge in [0.05, 0.1) is 37.4 Å². The number of carbonyl (C=O) groups excluding carboxylic acids is 2. The summed E-state index contributed by atoms with van der Waals surface area (Å²) in [4.78, 5) is 25.6. The minimum atomic E-state index is -1.75. The first kappa shape index (κ1) is 27.5. The third-order valence-corrected chi connectivity index (χ3v) is 7.81. The van der Waals surface area contributed by atoms with Crippen LogP contribution in [0, 0.1) is 17.8 Å². The highest BCUT2D eigenvalue weighted by Gasteiger charge is 2.66. The van der Waals surface area contributed by atoms with Gasteiger partial charge in [0, 0.05) is 5.92 Å². The molecule has 1 aromatic carbocycles. The van der Waals surface area contributed by atoms with E-state index in [0.717, 1.165) is 6.26 Å². The molecule has 5 rings (SSSR count). The third kappa shape index (κ3) is 4.59. The molecule has 0 radical (unpaired) electrons. The van der Waals surface area contributed by atoms with Gasteiger partial charge in [0.2, 0.25) is 6.29 Å². The number of aromatic hydroxyl groups is 1. The van der Waals surface area contributed by atoms with Gasteiger partial charge in [-0.05, 0) is 30.2 Å². The first-order chi connectivity index (χ1) is 18.6. The van der Waals surface area contributed by atoms with Crippen LogP contribution in [-0.2, 0) is 39.7 Å². The molecule has 1 aliphatic carbocycles. The molecule has 212 valence electrons. The monoisotopic (exact) mass is 550 g/mol. The molecule has 1 aromatic rings. The number of carbonyl (C=O) groups is 2. The van der Waals surface area contributed by atoms with E-state index in [1.165, 1.54) is 25.3 Å². The molecule has 0 aromatic heterocycles. The minimum absolute atomic E-state index is 0.0426. The Bertz CT molecular complexity index is 1150. The number of phenolic OH excluding ortho intramolecular Hbond substituents is 1. The second-order valence-corrected chi connectivity index (χ2v) is 10.0. The van der Waals surface area contributed by atoms with Crippen molar-refractivity contribution in [3.05, 3.63) is 53.8 Å². The van der Waals surface area contributed by atoms with Gasteiger partial charge in [-0.25, -0.2) is 4.79 Å². The van der Waals surface area contributed by atoms with E-state index in [1.807, 2.05) is 0 Å². The Kier molecular flexibility index (Phi) is 7.41. The molecule has 11 unspecified atom stereocenters. The smallest absolute Gasteiger partial charge is 0.337 e. The molecule has 39 heavy (non-hydrogen) atoms. The quantitative estimate of drug-likeness (QED) is 0.172. The number of esters is 2. The summed E-state index contributed by atoms with van der Waals surface area (Å²) in [6.07, 6.45) is -6.53. The van der Waals surface area contributed by atoms with E-state index in [9.17, 15) is 40.2 Å². The molecule has 13 nitrogen and oxygen atoms in total. The van der Waals surface area contributed by atoms with E-state index in [2.05, 4.69) is 0 Å². The lowest BCUT2D eigenvalue weighted by Gasteiger charge is -2.45. The zero-order valence-corrected chi connectivity index (χ0v) is 20.8. The van der Waals surface area contributed by atoms with Crippen molar-refractivity contribution < 1.29 is 63.9 Å². The van der Waals surface area contributed by atoms with Gasteiger partial charge < -0.3 is 54.3 Å². The Morgan fingerprint density at radius 1 is 1.05 bits per heavy atom. The number of hydrogen-bond donors (Lipinski definition) is 6. The molecular weight excluding hydrogens is 520 g/mol. The van der Waals surface area contributed by atoms with Crippen LogP contribution in [0.3, 0.4) is 0 Å². The van der Waals surface area contributed by atoms with Crippen molar-refractivity contribution in [1.29, 1.82) is 0 Å². The van der Waals surface area contributed by atoms with E-state index in [0.29, 0.717) is 5.56 Å². The van der Waals surface area contributed by atoms with Crippen molar-refractivity contribution in [2.75, 3.05) is 13.7 Å². The topological polar surface area (TPSA) is 202 Å². The number of rotatable bonds is 6. The van der Waals surface area contributed by atoms with Crippen LogP contribution < -0.4 is 0 Å². The summed E-state index contributed by atoms with van der Waals surface area (Å²) in [6, 6.07) is 6.13. The molecule has 4 aliphatic rings. The summed E-state index contributed by atoms with van der Waals surface area (Å²) in [6.45, 7) is -0.685. The van der Waals surface area contributed by atoms with Crippen LogP contribution in [-0.4, -0.2) is 105 Å². The van der Waals surface area contributed by atoms with Gasteiger partial charge >= 0.3 is 11.9 Å². The maximum absolute atomic E-state index is 13.1. The number of fused-ring (bicyclic) bond motifs is 2. The summed E-state index contributed by atoms with van der Waals surface area (Å²) in [7, 11) is 1.18. The molecule has 2 fully saturated rings. The molecule has 6 N–H and O–H groups in total. The summed E-state index contributed by atoms with van der Waals surface area (Å²) in [5, 5.41) is 61.3. The molecule has 0 saturated carbocycles. The second-order valence-electron chi connectivity index (χ2n) is 10.0. The van der Waals surface area contributed by atoms with Crippen LogP contribution in [0.1, 0.15) is 5.56 Å². The van der Waals surface area contributed by atoms with Crippen molar-refractivity contribution in [3.8, 4) is 5.75 Å². The van der Waals surface area contributed by atoms with E-state index in [-0.39, 0.29) is 17.7 Å². The Labute approximate surface area is 222 Å².